The second-order valence-electron chi connectivity index (χ2n) is 7.66. The third kappa shape index (κ3) is 4.66. The van der Waals surface area contributed by atoms with Gasteiger partial charge in [-0.2, -0.15) is 0 Å². The summed E-state index contributed by atoms with van der Waals surface area (Å²) in [4.78, 5) is 26.2. The second kappa shape index (κ2) is 5.58. The molecular formula is C16H27NO3. The Hall–Kier alpha value is -1.32. The molecule has 0 aromatic heterocycles. The van der Waals surface area contributed by atoms with E-state index in [1.165, 1.54) is 0 Å². The van der Waals surface area contributed by atoms with Gasteiger partial charge in [0.15, 0.2) is 0 Å². The lowest BCUT2D eigenvalue weighted by molar-refractivity contribution is -0.162. The molecule has 1 heterocycles. The number of nitrogens with zero attached hydrogens (tertiary/aromatic N) is 1. The van der Waals surface area contributed by atoms with E-state index in [0.29, 0.717) is 19.3 Å². The highest BCUT2D eigenvalue weighted by atomic mass is 16.6. The largest absolute Gasteiger partial charge is 0.458 e. The number of hydrogen-bond donors (Lipinski definition) is 0. The minimum atomic E-state index is -0.542. The standard InChI is InChI=1S/C16H27NO3/c1-11-8-9-12(14(19)20-16(5,6)7)17(11)13(18)10-15(2,3)4/h12H,1,8-10H2,2-7H3/t12-/m0/s1. The minimum absolute atomic E-state index is 0.0455. The van der Waals surface area contributed by atoms with E-state index in [9.17, 15) is 9.59 Å². The number of carbonyl (C=O) groups is 2. The van der Waals surface area contributed by atoms with Gasteiger partial charge in [0, 0.05) is 12.1 Å². The summed E-state index contributed by atoms with van der Waals surface area (Å²) in [7, 11) is 0. The molecule has 0 unspecified atom stereocenters. The molecule has 0 aromatic carbocycles. The van der Waals surface area contributed by atoms with Gasteiger partial charge in [-0.25, -0.2) is 4.79 Å². The van der Waals surface area contributed by atoms with Crippen LogP contribution in [0.2, 0.25) is 0 Å². The van der Waals surface area contributed by atoms with Crippen molar-refractivity contribution in [2.24, 2.45) is 5.41 Å². The summed E-state index contributed by atoms with van der Waals surface area (Å²) in [5.74, 6) is -0.380. The van der Waals surface area contributed by atoms with Crippen LogP contribution < -0.4 is 0 Å². The lowest BCUT2D eigenvalue weighted by Crippen LogP contribution is -2.43. The Morgan fingerprint density at radius 2 is 1.80 bits per heavy atom. The first kappa shape index (κ1) is 16.7. The zero-order chi connectivity index (χ0) is 15.7. The van der Waals surface area contributed by atoms with E-state index < -0.39 is 11.6 Å². The minimum Gasteiger partial charge on any atom is -0.458 e. The van der Waals surface area contributed by atoms with Crippen molar-refractivity contribution in [3.05, 3.63) is 12.3 Å². The maximum atomic E-state index is 12.4. The van der Waals surface area contributed by atoms with Crippen molar-refractivity contribution in [3.8, 4) is 0 Å². The van der Waals surface area contributed by atoms with Gasteiger partial charge in [-0.15, -0.1) is 0 Å². The second-order valence-corrected chi connectivity index (χ2v) is 7.66. The molecule has 1 aliphatic heterocycles. The van der Waals surface area contributed by atoms with Gasteiger partial charge < -0.3 is 9.64 Å². The Kier molecular flexibility index (Phi) is 4.67. The number of likely N-dealkylation sites (tertiary alicyclic amines) is 1. The molecule has 20 heavy (non-hydrogen) atoms. The van der Waals surface area contributed by atoms with Crippen LogP contribution in [0.25, 0.3) is 0 Å². The molecule has 0 N–H and O–H groups in total. The molecule has 0 saturated carbocycles. The number of amides is 1. The van der Waals surface area contributed by atoms with Gasteiger partial charge in [-0.3, -0.25) is 4.79 Å². The summed E-state index contributed by atoms with van der Waals surface area (Å²) in [6.07, 6.45) is 1.66. The van der Waals surface area contributed by atoms with Crippen molar-refractivity contribution >= 4 is 11.9 Å². The number of ether oxygens (including phenoxy) is 1. The fraction of sp³-hybridized carbons (Fsp3) is 0.750. The lowest BCUT2D eigenvalue weighted by Gasteiger charge is -2.29. The molecular weight excluding hydrogens is 254 g/mol. The maximum absolute atomic E-state index is 12.4. The quantitative estimate of drug-likeness (QED) is 0.730. The summed E-state index contributed by atoms with van der Waals surface area (Å²) < 4.78 is 5.41. The molecule has 0 radical (unpaired) electrons. The van der Waals surface area contributed by atoms with E-state index in [0.717, 1.165) is 5.70 Å². The van der Waals surface area contributed by atoms with Crippen LogP contribution >= 0.6 is 0 Å². The average Bonchev–Trinajstić information content (AvgIpc) is 2.54. The fourth-order valence-electron chi connectivity index (χ4n) is 2.26. The summed E-state index contributed by atoms with van der Waals surface area (Å²) in [5.41, 5.74) is 0.0631. The predicted molar refractivity (Wildman–Crippen MR) is 78.9 cm³/mol. The van der Waals surface area contributed by atoms with Crippen LogP contribution in [-0.2, 0) is 14.3 Å². The van der Waals surface area contributed by atoms with E-state index >= 15 is 0 Å². The Labute approximate surface area is 122 Å². The summed E-state index contributed by atoms with van der Waals surface area (Å²) in [6.45, 7) is 15.4. The molecule has 1 aliphatic rings. The predicted octanol–water partition coefficient (Wildman–Crippen LogP) is 3.27. The molecule has 1 atom stereocenters. The smallest absolute Gasteiger partial charge is 0.329 e. The van der Waals surface area contributed by atoms with E-state index in [1.807, 2.05) is 41.5 Å². The highest BCUT2D eigenvalue weighted by Gasteiger charge is 2.39. The first-order valence-electron chi connectivity index (χ1n) is 7.13. The van der Waals surface area contributed by atoms with Crippen molar-refractivity contribution in [2.45, 2.75) is 72.4 Å². The van der Waals surface area contributed by atoms with E-state index in [-0.39, 0.29) is 17.3 Å². The molecule has 4 nitrogen and oxygen atoms in total. The van der Waals surface area contributed by atoms with Crippen LogP contribution in [-0.4, -0.2) is 28.4 Å². The third-order valence-corrected chi connectivity index (χ3v) is 2.99. The summed E-state index contributed by atoms with van der Waals surface area (Å²) in [6, 6.07) is -0.517. The first-order valence-corrected chi connectivity index (χ1v) is 7.13. The molecule has 1 saturated heterocycles. The number of carbonyl (C=O) groups excluding carboxylic acids is 2. The molecule has 0 aliphatic carbocycles. The van der Waals surface area contributed by atoms with Gasteiger partial charge in [0.2, 0.25) is 5.91 Å². The highest BCUT2D eigenvalue weighted by Crippen LogP contribution is 2.31. The average molecular weight is 281 g/mol. The van der Waals surface area contributed by atoms with Crippen molar-refractivity contribution in [1.82, 2.24) is 4.90 Å². The SMILES string of the molecule is C=C1CC[C@@H](C(=O)OC(C)(C)C)N1C(=O)CC(C)(C)C. The normalized spacial score (nSPS) is 20.2. The van der Waals surface area contributed by atoms with Crippen LogP contribution in [0.3, 0.4) is 0 Å². The van der Waals surface area contributed by atoms with Gasteiger partial charge >= 0.3 is 5.97 Å². The number of rotatable bonds is 2. The van der Waals surface area contributed by atoms with Crippen LogP contribution in [0.4, 0.5) is 0 Å². The molecule has 0 spiro atoms. The molecule has 0 aromatic rings. The Balaban J connectivity index is 2.84. The van der Waals surface area contributed by atoms with Crippen molar-refractivity contribution in [3.63, 3.8) is 0 Å². The Morgan fingerprint density at radius 3 is 2.25 bits per heavy atom. The van der Waals surface area contributed by atoms with E-state index in [1.54, 1.807) is 4.90 Å². The Morgan fingerprint density at radius 1 is 1.25 bits per heavy atom. The van der Waals surface area contributed by atoms with Gasteiger partial charge in [0.05, 0.1) is 0 Å². The molecule has 0 bridgehead atoms. The van der Waals surface area contributed by atoms with Crippen molar-refractivity contribution in [2.75, 3.05) is 0 Å². The summed E-state index contributed by atoms with van der Waals surface area (Å²) in [5, 5.41) is 0. The highest BCUT2D eigenvalue weighted by molar-refractivity contribution is 5.87. The number of esters is 1. The number of allylic oxidation sites excluding steroid dienone is 1. The van der Waals surface area contributed by atoms with Crippen LogP contribution in [0, 0.1) is 5.41 Å². The first-order chi connectivity index (χ1) is 8.91. The van der Waals surface area contributed by atoms with Gasteiger partial charge in [0.25, 0.3) is 0 Å². The molecule has 1 fully saturated rings. The van der Waals surface area contributed by atoms with Crippen LogP contribution in [0.5, 0.6) is 0 Å². The number of hydrogen-bond acceptors (Lipinski definition) is 3. The van der Waals surface area contributed by atoms with E-state index in [4.69, 9.17) is 4.74 Å². The van der Waals surface area contributed by atoms with E-state index in [2.05, 4.69) is 6.58 Å². The summed E-state index contributed by atoms with van der Waals surface area (Å²) >= 11 is 0. The fourth-order valence-corrected chi connectivity index (χ4v) is 2.26. The van der Waals surface area contributed by atoms with Crippen LogP contribution in [0.1, 0.15) is 60.8 Å². The Bertz CT molecular complexity index is 412. The van der Waals surface area contributed by atoms with Gasteiger partial charge in [-0.1, -0.05) is 27.4 Å². The molecule has 4 heteroatoms. The van der Waals surface area contributed by atoms with Crippen molar-refractivity contribution < 1.29 is 14.3 Å². The zero-order valence-electron chi connectivity index (χ0n) is 13.6. The lowest BCUT2D eigenvalue weighted by atomic mass is 9.91. The topological polar surface area (TPSA) is 46.6 Å². The molecule has 1 rings (SSSR count). The van der Waals surface area contributed by atoms with Gasteiger partial charge in [-0.05, 0) is 39.0 Å². The third-order valence-electron chi connectivity index (χ3n) is 2.99. The van der Waals surface area contributed by atoms with Crippen molar-refractivity contribution in [1.29, 1.82) is 0 Å². The monoisotopic (exact) mass is 281 g/mol. The maximum Gasteiger partial charge on any atom is 0.329 e. The molecule has 114 valence electrons. The molecule has 1 amide bonds. The zero-order valence-corrected chi connectivity index (χ0v) is 13.6. The van der Waals surface area contributed by atoms with Gasteiger partial charge in [0.1, 0.15) is 11.6 Å². The van der Waals surface area contributed by atoms with Crippen LogP contribution in [0.15, 0.2) is 12.3 Å².